The third-order valence-electron chi connectivity index (χ3n) is 6.56. The van der Waals surface area contributed by atoms with E-state index in [0.29, 0.717) is 11.3 Å². The van der Waals surface area contributed by atoms with Crippen LogP contribution in [0, 0.1) is 6.92 Å². The molecule has 0 radical (unpaired) electrons. The van der Waals surface area contributed by atoms with Gasteiger partial charge in [0, 0.05) is 45.9 Å². The fourth-order valence-corrected chi connectivity index (χ4v) is 5.01. The summed E-state index contributed by atoms with van der Waals surface area (Å²) in [6.07, 6.45) is 0. The number of para-hydroxylation sites is 1. The van der Waals surface area contributed by atoms with Crippen molar-refractivity contribution in [1.82, 2.24) is 0 Å². The molecule has 2 aliphatic heterocycles. The molecule has 1 atom stereocenters. The van der Waals surface area contributed by atoms with Gasteiger partial charge < -0.3 is 20.1 Å². The van der Waals surface area contributed by atoms with Crippen molar-refractivity contribution in [2.45, 2.75) is 19.4 Å². The van der Waals surface area contributed by atoms with Gasteiger partial charge >= 0.3 is 5.97 Å². The van der Waals surface area contributed by atoms with Crippen LogP contribution in [0.2, 0.25) is 0 Å². The van der Waals surface area contributed by atoms with E-state index in [4.69, 9.17) is 9.47 Å². The van der Waals surface area contributed by atoms with Gasteiger partial charge in [0.05, 0.1) is 5.56 Å². The predicted molar refractivity (Wildman–Crippen MR) is 133 cm³/mol. The lowest BCUT2D eigenvalue weighted by Crippen LogP contribution is -2.33. The Morgan fingerprint density at radius 1 is 0.824 bits per heavy atom. The monoisotopic (exact) mass is 448 g/mol. The second-order valence-electron chi connectivity index (χ2n) is 8.57. The largest absolute Gasteiger partial charge is 0.456 e. The molecular weight excluding hydrogens is 424 g/mol. The Kier molecular flexibility index (Phi) is 4.59. The Labute approximate surface area is 198 Å². The summed E-state index contributed by atoms with van der Waals surface area (Å²) >= 11 is 0. The fourth-order valence-electron chi connectivity index (χ4n) is 5.01. The van der Waals surface area contributed by atoms with Gasteiger partial charge in [-0.3, -0.25) is 0 Å². The highest BCUT2D eigenvalue weighted by atomic mass is 16.6. The van der Waals surface area contributed by atoms with Gasteiger partial charge in [0.25, 0.3) is 0 Å². The number of nitrogens with one attached hydrogen (secondary N) is 2. The van der Waals surface area contributed by atoms with Crippen LogP contribution in [-0.4, -0.2) is 12.5 Å². The Morgan fingerprint density at radius 3 is 2.44 bits per heavy atom. The second-order valence-corrected chi connectivity index (χ2v) is 8.57. The summed E-state index contributed by atoms with van der Waals surface area (Å²) in [5.41, 5.74) is 5.80. The van der Waals surface area contributed by atoms with E-state index in [0.717, 1.165) is 51.6 Å². The van der Waals surface area contributed by atoms with Gasteiger partial charge in [-0.25, -0.2) is 4.79 Å². The molecule has 2 aliphatic rings. The lowest BCUT2D eigenvalue weighted by Gasteiger charge is -2.37. The van der Waals surface area contributed by atoms with Gasteiger partial charge in [-0.1, -0.05) is 36.4 Å². The second kappa shape index (κ2) is 7.66. The number of ether oxygens (including phenoxy) is 2. The number of rotatable bonds is 4. The highest BCUT2D eigenvalue weighted by Gasteiger charge is 2.53. The van der Waals surface area contributed by atoms with E-state index in [1.807, 2.05) is 91.9 Å². The minimum Gasteiger partial charge on any atom is -0.456 e. The van der Waals surface area contributed by atoms with Crippen LogP contribution in [0.25, 0.3) is 0 Å². The smallest absolute Gasteiger partial charge is 0.340 e. The van der Waals surface area contributed by atoms with Crippen LogP contribution in [0.1, 0.15) is 39.5 Å². The van der Waals surface area contributed by atoms with E-state index in [1.165, 1.54) is 0 Å². The first-order chi connectivity index (χ1) is 16.6. The third-order valence-corrected chi connectivity index (χ3v) is 6.56. The molecule has 5 nitrogen and oxygen atoms in total. The van der Waals surface area contributed by atoms with E-state index >= 15 is 0 Å². The predicted octanol–water partition coefficient (Wildman–Crippen LogP) is 6.74. The summed E-state index contributed by atoms with van der Waals surface area (Å²) in [4.78, 5) is 13.1. The maximum absolute atomic E-state index is 13.1. The Balaban J connectivity index is 1.59. The first-order valence-corrected chi connectivity index (χ1v) is 11.5. The molecule has 0 amide bonds. The van der Waals surface area contributed by atoms with Gasteiger partial charge in [0.2, 0.25) is 0 Å². The van der Waals surface area contributed by atoms with E-state index in [9.17, 15) is 4.79 Å². The molecule has 0 saturated heterocycles. The van der Waals surface area contributed by atoms with Crippen molar-refractivity contribution in [1.29, 1.82) is 0 Å². The third kappa shape index (κ3) is 2.90. The molecule has 0 aromatic heterocycles. The number of hydrogen-bond acceptors (Lipinski definition) is 5. The van der Waals surface area contributed by atoms with Crippen molar-refractivity contribution in [2.24, 2.45) is 0 Å². The van der Waals surface area contributed by atoms with Crippen LogP contribution in [0.4, 0.5) is 17.1 Å². The summed E-state index contributed by atoms with van der Waals surface area (Å²) in [6, 6.07) is 27.6. The molecule has 6 rings (SSSR count). The van der Waals surface area contributed by atoms with Crippen LogP contribution in [0.5, 0.6) is 11.5 Å². The quantitative estimate of drug-likeness (QED) is 0.339. The van der Waals surface area contributed by atoms with Gasteiger partial charge in [-0.2, -0.15) is 0 Å². The lowest BCUT2D eigenvalue weighted by atomic mass is 9.77. The summed E-state index contributed by atoms with van der Waals surface area (Å²) < 4.78 is 12.8. The number of anilines is 3. The molecule has 5 heteroatoms. The van der Waals surface area contributed by atoms with E-state index < -0.39 is 5.60 Å². The Hall–Kier alpha value is -4.25. The summed E-state index contributed by atoms with van der Waals surface area (Å²) in [5.74, 6) is 1.07. The molecule has 0 aliphatic carbocycles. The van der Waals surface area contributed by atoms with Crippen molar-refractivity contribution >= 4 is 23.0 Å². The van der Waals surface area contributed by atoms with Crippen LogP contribution in [0.3, 0.4) is 0 Å². The zero-order chi connectivity index (χ0) is 23.3. The molecule has 0 fully saturated rings. The Morgan fingerprint density at radius 2 is 1.62 bits per heavy atom. The van der Waals surface area contributed by atoms with Crippen molar-refractivity contribution in [2.75, 3.05) is 17.2 Å². The van der Waals surface area contributed by atoms with Gasteiger partial charge in [-0.05, 0) is 62.4 Å². The van der Waals surface area contributed by atoms with Crippen molar-refractivity contribution in [3.8, 4) is 11.5 Å². The van der Waals surface area contributed by atoms with Gasteiger partial charge in [0.15, 0.2) is 5.60 Å². The Bertz CT molecular complexity index is 1430. The van der Waals surface area contributed by atoms with E-state index in [2.05, 4.69) is 17.6 Å². The summed E-state index contributed by atoms with van der Waals surface area (Å²) in [5, 5.41) is 6.85. The van der Waals surface area contributed by atoms with Crippen LogP contribution >= 0.6 is 0 Å². The van der Waals surface area contributed by atoms with E-state index in [-0.39, 0.29) is 5.97 Å². The number of carbonyl (C=O) groups is 1. The van der Waals surface area contributed by atoms with Crippen LogP contribution in [0.15, 0.2) is 84.9 Å². The number of benzene rings is 4. The van der Waals surface area contributed by atoms with Crippen LogP contribution < -0.4 is 15.4 Å². The van der Waals surface area contributed by atoms with Gasteiger partial charge in [-0.15, -0.1) is 0 Å². The average Bonchev–Trinajstić information content (AvgIpc) is 3.16. The maximum Gasteiger partial charge on any atom is 0.340 e. The molecule has 4 aromatic rings. The number of hydrogen-bond donors (Lipinski definition) is 2. The molecule has 0 bridgehead atoms. The lowest BCUT2D eigenvalue weighted by molar-refractivity contribution is 0.0224. The first-order valence-electron chi connectivity index (χ1n) is 11.5. The SMILES string of the molecule is CCNc1ccc2c(c1C)Oc1ccc(Nc3ccccc3)cc1C21OC(=O)c2ccccc21. The number of esters is 1. The molecule has 168 valence electrons. The van der Waals surface area contributed by atoms with Crippen LogP contribution in [-0.2, 0) is 10.3 Å². The molecule has 34 heavy (non-hydrogen) atoms. The zero-order valence-electron chi connectivity index (χ0n) is 19.0. The number of carbonyl (C=O) groups excluding carboxylic acids is 1. The minimum absolute atomic E-state index is 0.329. The average molecular weight is 449 g/mol. The van der Waals surface area contributed by atoms with Gasteiger partial charge in [0.1, 0.15) is 11.5 Å². The van der Waals surface area contributed by atoms with Crippen molar-refractivity contribution < 1.29 is 14.3 Å². The molecule has 2 heterocycles. The highest BCUT2D eigenvalue weighted by Crippen LogP contribution is 2.57. The zero-order valence-corrected chi connectivity index (χ0v) is 19.0. The minimum atomic E-state index is -1.08. The molecular formula is C29H24N2O3. The molecule has 4 aromatic carbocycles. The van der Waals surface area contributed by atoms with Crippen molar-refractivity contribution in [3.05, 3.63) is 113 Å². The molecule has 1 unspecified atom stereocenters. The number of fused-ring (bicyclic) bond motifs is 6. The summed E-state index contributed by atoms with van der Waals surface area (Å²) in [6.45, 7) is 4.89. The van der Waals surface area contributed by atoms with E-state index in [1.54, 1.807) is 0 Å². The molecule has 1 spiro atoms. The topological polar surface area (TPSA) is 59.6 Å². The molecule has 2 N–H and O–H groups in total. The highest BCUT2D eigenvalue weighted by molar-refractivity contribution is 5.97. The van der Waals surface area contributed by atoms with Crippen molar-refractivity contribution in [3.63, 3.8) is 0 Å². The molecule has 0 saturated carbocycles. The maximum atomic E-state index is 13.1. The standard InChI is InChI=1S/C29H24N2O3/c1-3-30-25-15-14-23-27(18(25)2)33-26-16-13-20(31-19-9-5-4-6-10-19)17-24(26)29(23)22-12-8-7-11-21(22)28(32)34-29/h4-17,30-31H,3H2,1-2H3. The first kappa shape index (κ1) is 20.4. The summed E-state index contributed by atoms with van der Waals surface area (Å²) in [7, 11) is 0. The fraction of sp³-hybridized carbons (Fsp3) is 0.138. The normalized spacial score (nSPS) is 17.3.